The second-order valence-electron chi connectivity index (χ2n) is 21.6. The fraction of sp³-hybridized carbons (Fsp3) is 0.242. The maximum atomic E-state index is 12.6. The van der Waals surface area contributed by atoms with Crippen LogP contribution >= 0.6 is 0 Å². The van der Waals surface area contributed by atoms with Gasteiger partial charge in [0.15, 0.2) is 0 Å². The zero-order valence-electron chi connectivity index (χ0n) is 42.3. The molecule has 0 radical (unpaired) electrons. The second-order valence-corrected chi connectivity index (χ2v) is 23.0. The van der Waals surface area contributed by atoms with Crippen molar-refractivity contribution in [1.29, 1.82) is 0 Å². The SMILES string of the molecule is CC(C)(C)c1cc(C(c2ccccc2)(c2ccccc2)c2ccccc2)cc(C=[N+]2[Mn][N+](=Cc3cc(C(c4ccccc4)(c4ccccc4)c4ccccc4)cc(C(C)(C)C)c3O)[C@@H]3CCCC[C@H]32)c1O.[I-]. The smallest absolute Gasteiger partial charge is 1.00 e. The molecule has 2 fully saturated rings. The Morgan fingerprint density at radius 1 is 0.389 bits per heavy atom. The molecule has 72 heavy (non-hydrogen) atoms. The summed E-state index contributed by atoms with van der Waals surface area (Å²) in [5.74, 6) is 0.646. The summed E-state index contributed by atoms with van der Waals surface area (Å²) in [4.78, 5) is 0. The summed E-state index contributed by atoms with van der Waals surface area (Å²) < 4.78 is 5.02. The average Bonchev–Trinajstić information content (AvgIpc) is 3.73. The summed E-state index contributed by atoms with van der Waals surface area (Å²) in [7, 11) is 0. The Labute approximate surface area is 451 Å². The zero-order chi connectivity index (χ0) is 49.4. The maximum Gasteiger partial charge on any atom is -1.00 e. The number of aromatic hydroxyl groups is 2. The molecule has 0 amide bonds. The predicted octanol–water partition coefficient (Wildman–Crippen LogP) is 11.3. The van der Waals surface area contributed by atoms with Gasteiger partial charge in [-0.2, -0.15) is 0 Å². The summed E-state index contributed by atoms with van der Waals surface area (Å²) >= 11 is 0.208. The van der Waals surface area contributed by atoms with Gasteiger partial charge in [-0.25, -0.2) is 0 Å². The molecule has 6 heteroatoms. The Kier molecular flexibility index (Phi) is 14.7. The quantitative estimate of drug-likeness (QED) is 0.0814. The number of hydrogen-bond acceptors (Lipinski definition) is 2. The molecule has 2 atom stereocenters. The monoisotopic (exact) mass is 1100 g/mol. The van der Waals surface area contributed by atoms with Crippen LogP contribution in [0.15, 0.2) is 206 Å². The van der Waals surface area contributed by atoms with E-state index in [1.165, 1.54) is 0 Å². The number of halogens is 1. The van der Waals surface area contributed by atoms with Crippen molar-refractivity contribution in [2.24, 2.45) is 0 Å². The van der Waals surface area contributed by atoms with Crippen molar-refractivity contribution in [2.75, 3.05) is 0 Å². The van der Waals surface area contributed by atoms with E-state index >= 15 is 0 Å². The zero-order valence-corrected chi connectivity index (χ0v) is 45.7. The molecule has 0 bridgehead atoms. The molecule has 8 aromatic carbocycles. The van der Waals surface area contributed by atoms with Gasteiger partial charge in [0.2, 0.25) is 0 Å². The molecular weight excluding hydrogens is 1030 g/mol. The van der Waals surface area contributed by atoms with Gasteiger partial charge in [-0.3, -0.25) is 0 Å². The van der Waals surface area contributed by atoms with E-state index in [4.69, 9.17) is 0 Å². The first kappa shape index (κ1) is 50.9. The average molecular weight is 1100 g/mol. The molecule has 10 rings (SSSR count). The van der Waals surface area contributed by atoms with Gasteiger partial charge in [-0.05, 0) is 0 Å². The Balaban J connectivity index is 0.00000640. The number of fused-ring (bicyclic) bond motifs is 1. The molecular formula is C66H66IMnN2O2+. The van der Waals surface area contributed by atoms with Crippen molar-refractivity contribution in [1.82, 2.24) is 0 Å². The number of rotatable bonds is 10. The summed E-state index contributed by atoms with van der Waals surface area (Å²) in [6.45, 7) is 13.2. The van der Waals surface area contributed by atoms with Crippen LogP contribution in [-0.2, 0) is 37.1 Å². The number of benzene rings is 8. The van der Waals surface area contributed by atoms with Crippen molar-refractivity contribution in [3.05, 3.63) is 273 Å². The van der Waals surface area contributed by atoms with E-state index in [1.807, 2.05) is 0 Å². The van der Waals surface area contributed by atoms with Gasteiger partial charge in [-0.1, -0.05) is 0 Å². The standard InChI is InChI=1S/C66H66N2O2.HI.Mn/c1-63(2,3)57-43-55(65(49-27-13-7-14-28-49,50-29-15-8-16-30-50)51-31-17-9-18-32-51)41-47(61(57)69)45-67-59-39-25-26-40-60(59)68-46-48-42-56(44-58(62(48)70)64(4,5)6)66(52-33-19-10-20-34-52,53-35-21-11-22-36-53)54-37-23-12-24-38-54;;/h7-24,27-38,41-46,59-60,69-70H,25-26,39-40H2,1-6H3;1H;/q;;+2/p-1/t59-,60-;;/m1../s1. The van der Waals surface area contributed by atoms with Crippen molar-refractivity contribution in [3.8, 4) is 11.5 Å². The van der Waals surface area contributed by atoms with Gasteiger partial charge in [-0.15, -0.1) is 0 Å². The van der Waals surface area contributed by atoms with Crippen LogP contribution in [-0.4, -0.2) is 41.9 Å². The van der Waals surface area contributed by atoms with Crippen LogP contribution in [0.3, 0.4) is 0 Å². The topological polar surface area (TPSA) is 46.5 Å². The number of hydrogen-bond donors (Lipinski definition) is 2. The van der Waals surface area contributed by atoms with E-state index in [-0.39, 0.29) is 62.3 Å². The first-order chi connectivity index (χ1) is 34.3. The molecule has 1 aliphatic heterocycles. The molecule has 1 saturated heterocycles. The molecule has 1 saturated carbocycles. The van der Waals surface area contributed by atoms with Gasteiger partial charge in [0.1, 0.15) is 0 Å². The van der Waals surface area contributed by atoms with Crippen LogP contribution in [0.4, 0.5) is 0 Å². The summed E-state index contributed by atoms with van der Waals surface area (Å²) in [6.07, 6.45) is 8.91. The fourth-order valence-electron chi connectivity index (χ4n) is 11.6. The minimum absolute atomic E-state index is 0. The van der Waals surface area contributed by atoms with Gasteiger partial charge in [0.05, 0.1) is 0 Å². The predicted molar refractivity (Wildman–Crippen MR) is 287 cm³/mol. The Morgan fingerprint density at radius 2 is 0.639 bits per heavy atom. The van der Waals surface area contributed by atoms with E-state index in [0.29, 0.717) is 11.5 Å². The molecule has 2 N–H and O–H groups in total. The molecule has 0 aromatic heterocycles. The van der Waals surface area contributed by atoms with Gasteiger partial charge >= 0.3 is 431 Å². The number of phenols is 2. The molecule has 365 valence electrons. The van der Waals surface area contributed by atoms with E-state index in [0.717, 1.165) is 92.4 Å². The van der Waals surface area contributed by atoms with E-state index in [1.54, 1.807) is 0 Å². The Bertz CT molecular complexity index is 2790. The van der Waals surface area contributed by atoms with Crippen LogP contribution in [0.1, 0.15) is 134 Å². The summed E-state index contributed by atoms with van der Waals surface area (Å²) in [5, 5.41) is 25.2. The summed E-state index contributed by atoms with van der Waals surface area (Å²) in [6, 6.07) is 74.6. The van der Waals surface area contributed by atoms with Crippen LogP contribution in [0.25, 0.3) is 0 Å². The third-order valence-electron chi connectivity index (χ3n) is 15.0. The van der Waals surface area contributed by atoms with Crippen LogP contribution in [0, 0.1) is 0 Å². The van der Waals surface area contributed by atoms with Gasteiger partial charge in [0.25, 0.3) is 0 Å². The number of phenolic OH excluding ortho intramolecular Hbond substituents is 2. The van der Waals surface area contributed by atoms with Gasteiger partial charge < -0.3 is 24.0 Å². The normalized spacial score (nSPS) is 17.4. The minimum atomic E-state index is -0.678. The van der Waals surface area contributed by atoms with Crippen LogP contribution < -0.4 is 24.0 Å². The third kappa shape index (κ3) is 9.31. The third-order valence-corrected chi connectivity index (χ3v) is 16.7. The molecule has 0 spiro atoms. The first-order valence-corrected chi connectivity index (χ1v) is 26.4. The van der Waals surface area contributed by atoms with Crippen LogP contribution in [0.5, 0.6) is 11.5 Å². The first-order valence-electron chi connectivity index (χ1n) is 25.3. The van der Waals surface area contributed by atoms with E-state index in [9.17, 15) is 10.2 Å². The van der Waals surface area contributed by atoms with Crippen molar-refractivity contribution < 1.29 is 56.8 Å². The molecule has 2 aliphatic rings. The molecule has 1 aliphatic carbocycles. The molecule has 1 heterocycles. The maximum absolute atomic E-state index is 12.6. The summed E-state index contributed by atoms with van der Waals surface area (Å²) in [5.41, 5.74) is 10.6. The van der Waals surface area contributed by atoms with E-state index in [2.05, 4.69) is 267 Å². The van der Waals surface area contributed by atoms with Crippen molar-refractivity contribution in [3.63, 3.8) is 0 Å². The molecule has 0 unspecified atom stereocenters. The van der Waals surface area contributed by atoms with Crippen molar-refractivity contribution >= 4 is 12.4 Å². The largest absolute Gasteiger partial charge is 1.00 e. The Hall–Kier alpha value is -6.05. The number of nitrogens with zero attached hydrogens (tertiary/aromatic N) is 2. The molecule has 8 aromatic rings. The second kappa shape index (κ2) is 20.8. The van der Waals surface area contributed by atoms with Crippen molar-refractivity contribution in [2.45, 2.75) is 101 Å². The minimum Gasteiger partial charge on any atom is -1.00 e. The molecule has 4 nitrogen and oxygen atoms in total. The van der Waals surface area contributed by atoms with Gasteiger partial charge in [0, 0.05) is 0 Å². The van der Waals surface area contributed by atoms with Crippen LogP contribution in [0.2, 0.25) is 0 Å². The van der Waals surface area contributed by atoms with E-state index < -0.39 is 10.8 Å². The fourth-order valence-corrected chi connectivity index (χ4v) is 13.4. The Morgan fingerprint density at radius 3 is 0.875 bits per heavy atom.